The summed E-state index contributed by atoms with van der Waals surface area (Å²) in [6, 6.07) is 33.8. The van der Waals surface area contributed by atoms with Crippen LogP contribution in [-0.4, -0.2) is 36.4 Å². The minimum atomic E-state index is 0.0142. The van der Waals surface area contributed by atoms with E-state index < -0.39 is 0 Å². The number of benzene rings is 4. The van der Waals surface area contributed by atoms with E-state index in [9.17, 15) is 10.2 Å². The number of aliphatic hydroxyl groups is 2. The first-order valence-corrected chi connectivity index (χ1v) is 15.1. The molecule has 4 aromatic rings. The maximum Gasteiger partial charge on any atom is 0.0681 e. The third-order valence-electron chi connectivity index (χ3n) is 7.88. The van der Waals surface area contributed by atoms with E-state index in [1.807, 2.05) is 24.3 Å². The number of aliphatic hydroxyl groups excluding tert-OH is 2. The molecule has 0 fully saturated rings. The van der Waals surface area contributed by atoms with Crippen LogP contribution in [0.15, 0.2) is 109 Å². The Morgan fingerprint density at radius 3 is 1.19 bits per heavy atom. The Balaban J connectivity index is 1.93. The lowest BCUT2D eigenvalue weighted by Crippen LogP contribution is -2.22. The fourth-order valence-corrected chi connectivity index (χ4v) is 5.38. The average molecular weight is 561 g/mol. The van der Waals surface area contributed by atoms with Gasteiger partial charge in [-0.2, -0.15) is 0 Å². The van der Waals surface area contributed by atoms with Crippen molar-refractivity contribution in [1.82, 2.24) is 0 Å². The number of hydrogen-bond acceptors (Lipinski definition) is 4. The predicted octanol–water partition coefficient (Wildman–Crippen LogP) is 7.93. The van der Waals surface area contributed by atoms with Gasteiger partial charge in [0.15, 0.2) is 0 Å². The van der Waals surface area contributed by atoms with Crippen molar-refractivity contribution in [2.75, 3.05) is 36.0 Å². The molecule has 0 aromatic heterocycles. The van der Waals surface area contributed by atoms with Crippen molar-refractivity contribution in [3.63, 3.8) is 0 Å². The zero-order valence-electron chi connectivity index (χ0n) is 25.4. The molecule has 4 aromatic carbocycles. The van der Waals surface area contributed by atoms with E-state index in [0.717, 1.165) is 70.7 Å². The molecule has 0 atom stereocenters. The van der Waals surface area contributed by atoms with Crippen molar-refractivity contribution in [3.8, 4) is 0 Å². The minimum Gasteiger partial charge on any atom is -0.392 e. The molecule has 0 aliphatic carbocycles. The summed E-state index contributed by atoms with van der Waals surface area (Å²) in [5.41, 5.74) is 10.9. The average Bonchev–Trinajstić information content (AvgIpc) is 3.05. The van der Waals surface area contributed by atoms with E-state index in [-0.39, 0.29) is 13.2 Å². The van der Waals surface area contributed by atoms with Gasteiger partial charge in [-0.05, 0) is 96.5 Å². The van der Waals surface area contributed by atoms with Crippen LogP contribution in [-0.2, 0) is 13.2 Å². The fraction of sp³-hybridized carbons (Fsp3) is 0.263. The molecule has 0 radical (unpaired) electrons. The molecule has 0 amide bonds. The highest BCUT2D eigenvalue weighted by Crippen LogP contribution is 2.32. The van der Waals surface area contributed by atoms with Crippen LogP contribution in [0.25, 0.3) is 11.1 Å². The molecule has 0 bridgehead atoms. The molecular formula is C38H44N2O2. The molecule has 0 saturated heterocycles. The molecule has 0 aliphatic heterocycles. The van der Waals surface area contributed by atoms with Gasteiger partial charge in [0.1, 0.15) is 0 Å². The van der Waals surface area contributed by atoms with Crippen LogP contribution >= 0.6 is 0 Å². The molecule has 0 heterocycles. The quantitative estimate of drug-likeness (QED) is 0.163. The summed E-state index contributed by atoms with van der Waals surface area (Å²) in [7, 11) is 0. The minimum absolute atomic E-state index is 0.0142. The molecule has 0 unspecified atom stereocenters. The first-order chi connectivity index (χ1) is 20.5. The van der Waals surface area contributed by atoms with Crippen molar-refractivity contribution in [3.05, 3.63) is 143 Å². The van der Waals surface area contributed by atoms with Gasteiger partial charge in [-0.1, -0.05) is 84.9 Å². The Morgan fingerprint density at radius 1 is 0.500 bits per heavy atom. The van der Waals surface area contributed by atoms with E-state index in [4.69, 9.17) is 0 Å². The highest BCUT2D eigenvalue weighted by Gasteiger charge is 2.12. The second kappa shape index (κ2) is 15.2. The third-order valence-corrected chi connectivity index (χ3v) is 7.88. The monoisotopic (exact) mass is 560 g/mol. The van der Waals surface area contributed by atoms with Gasteiger partial charge in [-0.3, -0.25) is 0 Å². The maximum absolute atomic E-state index is 9.61. The Bertz CT molecular complexity index is 1370. The van der Waals surface area contributed by atoms with Crippen molar-refractivity contribution < 1.29 is 10.2 Å². The molecule has 218 valence electrons. The summed E-state index contributed by atoms with van der Waals surface area (Å²) in [5.74, 6) is 0. The maximum atomic E-state index is 9.61. The van der Waals surface area contributed by atoms with Crippen LogP contribution in [0.1, 0.15) is 61.1 Å². The van der Waals surface area contributed by atoms with Crippen LogP contribution < -0.4 is 9.80 Å². The first-order valence-electron chi connectivity index (χ1n) is 15.1. The summed E-state index contributed by atoms with van der Waals surface area (Å²) in [6.07, 6.45) is 4.43. The van der Waals surface area contributed by atoms with Crippen molar-refractivity contribution in [2.24, 2.45) is 0 Å². The molecule has 4 rings (SSSR count). The number of nitrogens with zero attached hydrogens (tertiary/aromatic N) is 2. The SMILES string of the molecule is CCN(CC)c1cccc(C(=CC=C(c2ccc(CO)cc2)c2ccc(CO)cc2)c2cccc(N(CC)CC)c2)c1. The number of rotatable bonds is 13. The van der Waals surface area contributed by atoms with Gasteiger partial charge < -0.3 is 20.0 Å². The Hall–Kier alpha value is -4.12. The van der Waals surface area contributed by atoms with Crippen molar-refractivity contribution in [1.29, 1.82) is 0 Å². The third kappa shape index (κ3) is 7.39. The first kappa shape index (κ1) is 30.8. The molecule has 42 heavy (non-hydrogen) atoms. The second-order valence-corrected chi connectivity index (χ2v) is 10.3. The standard InChI is InChI=1S/C38H44N2O2/c1-5-39(6-2)35-13-9-11-33(25-35)38(34-12-10-14-36(26-34)40(7-3)8-4)24-23-37(31-19-15-29(27-41)16-20-31)32-21-17-30(28-42)18-22-32/h9-26,41-42H,5-8,27-28H2,1-4H3. The van der Waals surface area contributed by atoms with Gasteiger partial charge in [0, 0.05) is 37.6 Å². The van der Waals surface area contributed by atoms with Crippen LogP contribution in [0.3, 0.4) is 0 Å². The van der Waals surface area contributed by atoms with E-state index in [1.54, 1.807) is 0 Å². The molecule has 0 saturated carbocycles. The Labute approximate surface area is 251 Å². The Morgan fingerprint density at radius 2 is 0.857 bits per heavy atom. The van der Waals surface area contributed by atoms with Gasteiger partial charge in [0.2, 0.25) is 0 Å². The van der Waals surface area contributed by atoms with Gasteiger partial charge in [-0.25, -0.2) is 0 Å². The zero-order valence-corrected chi connectivity index (χ0v) is 25.4. The van der Waals surface area contributed by atoms with Gasteiger partial charge >= 0.3 is 0 Å². The normalized spacial score (nSPS) is 10.7. The van der Waals surface area contributed by atoms with Crippen molar-refractivity contribution in [2.45, 2.75) is 40.9 Å². The molecule has 0 spiro atoms. The largest absolute Gasteiger partial charge is 0.392 e. The van der Waals surface area contributed by atoms with Crippen LogP contribution in [0.2, 0.25) is 0 Å². The molecular weight excluding hydrogens is 516 g/mol. The van der Waals surface area contributed by atoms with Gasteiger partial charge in [-0.15, -0.1) is 0 Å². The van der Waals surface area contributed by atoms with E-state index in [2.05, 4.69) is 122 Å². The molecule has 0 aliphatic rings. The summed E-state index contributed by atoms with van der Waals surface area (Å²) < 4.78 is 0. The number of anilines is 2. The highest BCUT2D eigenvalue weighted by atomic mass is 16.3. The topological polar surface area (TPSA) is 46.9 Å². The van der Waals surface area contributed by atoms with E-state index in [1.165, 1.54) is 11.4 Å². The molecule has 2 N–H and O–H groups in total. The van der Waals surface area contributed by atoms with Gasteiger partial charge in [0.25, 0.3) is 0 Å². The Kier molecular flexibility index (Phi) is 11.2. The second-order valence-electron chi connectivity index (χ2n) is 10.3. The zero-order chi connectivity index (χ0) is 29.9. The summed E-state index contributed by atoms with van der Waals surface area (Å²) >= 11 is 0. The smallest absolute Gasteiger partial charge is 0.0681 e. The summed E-state index contributed by atoms with van der Waals surface area (Å²) in [6.45, 7) is 12.6. The predicted molar refractivity (Wildman–Crippen MR) is 179 cm³/mol. The van der Waals surface area contributed by atoms with Crippen LogP contribution in [0.5, 0.6) is 0 Å². The summed E-state index contributed by atoms with van der Waals surface area (Å²) in [4.78, 5) is 4.75. The lowest BCUT2D eigenvalue weighted by Gasteiger charge is -2.23. The highest BCUT2D eigenvalue weighted by molar-refractivity contribution is 5.87. The lowest BCUT2D eigenvalue weighted by atomic mass is 9.92. The van der Waals surface area contributed by atoms with E-state index >= 15 is 0 Å². The fourth-order valence-electron chi connectivity index (χ4n) is 5.38. The van der Waals surface area contributed by atoms with E-state index in [0.29, 0.717) is 0 Å². The number of allylic oxidation sites excluding steroid dienone is 2. The lowest BCUT2D eigenvalue weighted by molar-refractivity contribution is 0.281. The van der Waals surface area contributed by atoms with Crippen LogP contribution in [0, 0.1) is 0 Å². The molecule has 4 nitrogen and oxygen atoms in total. The van der Waals surface area contributed by atoms with Crippen LogP contribution in [0.4, 0.5) is 11.4 Å². The summed E-state index contributed by atoms with van der Waals surface area (Å²) in [5, 5.41) is 19.2. The van der Waals surface area contributed by atoms with Gasteiger partial charge in [0.05, 0.1) is 13.2 Å². The number of hydrogen-bond donors (Lipinski definition) is 2. The van der Waals surface area contributed by atoms with Crippen molar-refractivity contribution >= 4 is 22.5 Å². The molecule has 4 heteroatoms.